The van der Waals surface area contributed by atoms with Crippen molar-refractivity contribution in [3.05, 3.63) is 22.2 Å². The molecule has 0 aliphatic carbocycles. The Bertz CT molecular complexity index is 422. The second kappa shape index (κ2) is 5.29. The number of hydrogen-bond donors (Lipinski definition) is 2. The molecule has 0 atom stereocenters. The lowest BCUT2D eigenvalue weighted by atomic mass is 10.3. The molecule has 0 spiro atoms. The molecule has 0 unspecified atom stereocenters. The van der Waals surface area contributed by atoms with Gasteiger partial charge in [0, 0.05) is 44.5 Å². The molecule has 1 aliphatic heterocycles. The van der Waals surface area contributed by atoms with Crippen LogP contribution < -0.4 is 15.9 Å². The Morgan fingerprint density at radius 1 is 1.41 bits per heavy atom. The number of anilines is 1. The highest BCUT2D eigenvalue weighted by Gasteiger charge is 2.16. The van der Waals surface area contributed by atoms with E-state index in [2.05, 4.69) is 32.1 Å². The highest BCUT2D eigenvalue weighted by molar-refractivity contribution is 5.39. The van der Waals surface area contributed by atoms with Gasteiger partial charge in [-0.05, 0) is 14.1 Å². The SMILES string of the molecule is CNCc1cc(N2CCN(C)CC2)nc(=O)[nH]1. The van der Waals surface area contributed by atoms with Gasteiger partial charge in [-0.15, -0.1) is 0 Å². The fourth-order valence-electron chi connectivity index (χ4n) is 1.98. The van der Waals surface area contributed by atoms with E-state index in [1.807, 2.05) is 13.1 Å². The summed E-state index contributed by atoms with van der Waals surface area (Å²) in [5, 5.41) is 3.02. The van der Waals surface area contributed by atoms with Crippen LogP contribution in [0.5, 0.6) is 0 Å². The smallest absolute Gasteiger partial charge is 0.347 e. The molecule has 94 valence electrons. The molecular weight excluding hydrogens is 218 g/mol. The highest BCUT2D eigenvalue weighted by atomic mass is 16.1. The van der Waals surface area contributed by atoms with Crippen molar-refractivity contribution in [3.63, 3.8) is 0 Å². The van der Waals surface area contributed by atoms with Crippen LogP contribution in [-0.2, 0) is 6.54 Å². The second-order valence-electron chi connectivity index (χ2n) is 4.39. The number of likely N-dealkylation sites (N-methyl/N-ethyl adjacent to an activating group) is 1. The van der Waals surface area contributed by atoms with Crippen LogP contribution >= 0.6 is 0 Å². The molecule has 17 heavy (non-hydrogen) atoms. The maximum atomic E-state index is 11.5. The van der Waals surface area contributed by atoms with Crippen LogP contribution in [0.25, 0.3) is 0 Å². The monoisotopic (exact) mass is 237 g/mol. The van der Waals surface area contributed by atoms with E-state index in [1.165, 1.54) is 0 Å². The zero-order valence-electron chi connectivity index (χ0n) is 10.4. The number of aromatic amines is 1. The zero-order chi connectivity index (χ0) is 12.3. The number of H-pyrrole nitrogens is 1. The number of hydrogen-bond acceptors (Lipinski definition) is 5. The van der Waals surface area contributed by atoms with Crippen LogP contribution in [0.1, 0.15) is 5.69 Å². The van der Waals surface area contributed by atoms with E-state index in [4.69, 9.17) is 0 Å². The first-order valence-electron chi connectivity index (χ1n) is 5.87. The van der Waals surface area contributed by atoms with Gasteiger partial charge in [0.05, 0.1) is 0 Å². The summed E-state index contributed by atoms with van der Waals surface area (Å²) in [6.45, 7) is 4.52. The molecule has 0 bridgehead atoms. The Kier molecular flexibility index (Phi) is 3.75. The Morgan fingerprint density at radius 3 is 2.76 bits per heavy atom. The Hall–Kier alpha value is -1.40. The van der Waals surface area contributed by atoms with Crippen molar-refractivity contribution in [2.24, 2.45) is 0 Å². The summed E-state index contributed by atoms with van der Waals surface area (Å²) >= 11 is 0. The highest BCUT2D eigenvalue weighted by Crippen LogP contribution is 2.11. The molecule has 0 radical (unpaired) electrons. The van der Waals surface area contributed by atoms with Crippen LogP contribution in [0.4, 0.5) is 5.82 Å². The summed E-state index contributed by atoms with van der Waals surface area (Å²) < 4.78 is 0. The van der Waals surface area contributed by atoms with E-state index in [0.717, 1.165) is 37.7 Å². The first kappa shape index (κ1) is 12.1. The van der Waals surface area contributed by atoms with E-state index < -0.39 is 0 Å². The molecule has 2 rings (SSSR count). The first-order chi connectivity index (χ1) is 8.19. The predicted molar refractivity (Wildman–Crippen MR) is 67.3 cm³/mol. The minimum atomic E-state index is -0.272. The maximum Gasteiger partial charge on any atom is 0.347 e. The molecule has 0 amide bonds. The number of nitrogens with zero attached hydrogens (tertiary/aromatic N) is 3. The van der Waals surface area contributed by atoms with Gasteiger partial charge in [-0.1, -0.05) is 0 Å². The van der Waals surface area contributed by atoms with Gasteiger partial charge in [0.25, 0.3) is 0 Å². The van der Waals surface area contributed by atoms with Crippen molar-refractivity contribution in [3.8, 4) is 0 Å². The van der Waals surface area contributed by atoms with Crippen LogP contribution in [0.2, 0.25) is 0 Å². The van der Waals surface area contributed by atoms with Gasteiger partial charge in [-0.25, -0.2) is 4.79 Å². The van der Waals surface area contributed by atoms with Crippen LogP contribution in [0.3, 0.4) is 0 Å². The maximum absolute atomic E-state index is 11.5. The fourth-order valence-corrected chi connectivity index (χ4v) is 1.98. The largest absolute Gasteiger partial charge is 0.354 e. The van der Waals surface area contributed by atoms with E-state index in [-0.39, 0.29) is 5.69 Å². The standard InChI is InChI=1S/C11H19N5O/c1-12-8-9-7-10(14-11(17)13-9)16-5-3-15(2)4-6-16/h7,12H,3-6,8H2,1-2H3,(H,13,14,17). The Morgan fingerprint density at radius 2 is 2.12 bits per heavy atom. The van der Waals surface area contributed by atoms with Gasteiger partial charge in [-0.2, -0.15) is 4.98 Å². The van der Waals surface area contributed by atoms with Crippen molar-refractivity contribution in [1.82, 2.24) is 20.2 Å². The molecule has 0 saturated carbocycles. The number of rotatable bonds is 3. The topological polar surface area (TPSA) is 64.3 Å². The lowest BCUT2D eigenvalue weighted by Gasteiger charge is -2.33. The Labute approximate surface area is 101 Å². The molecular formula is C11H19N5O. The molecule has 1 fully saturated rings. The van der Waals surface area contributed by atoms with E-state index >= 15 is 0 Å². The van der Waals surface area contributed by atoms with E-state index in [1.54, 1.807) is 0 Å². The summed E-state index contributed by atoms with van der Waals surface area (Å²) in [5.74, 6) is 0.784. The first-order valence-corrected chi connectivity index (χ1v) is 5.87. The third kappa shape index (κ3) is 3.04. The molecule has 2 heterocycles. The van der Waals surface area contributed by atoms with Gasteiger partial charge < -0.3 is 20.1 Å². The van der Waals surface area contributed by atoms with E-state index in [0.29, 0.717) is 6.54 Å². The van der Waals surface area contributed by atoms with Gasteiger partial charge >= 0.3 is 5.69 Å². The van der Waals surface area contributed by atoms with Gasteiger partial charge in [0.2, 0.25) is 0 Å². The van der Waals surface area contributed by atoms with Gasteiger partial charge in [0.1, 0.15) is 5.82 Å². The average molecular weight is 237 g/mol. The molecule has 6 nitrogen and oxygen atoms in total. The predicted octanol–water partition coefficient (Wildman–Crippen LogP) is -0.759. The van der Waals surface area contributed by atoms with Crippen LogP contribution in [0.15, 0.2) is 10.9 Å². The molecule has 0 aromatic carbocycles. The molecule has 6 heteroatoms. The zero-order valence-corrected chi connectivity index (χ0v) is 10.4. The van der Waals surface area contributed by atoms with Crippen molar-refractivity contribution in [2.45, 2.75) is 6.54 Å². The number of nitrogens with one attached hydrogen (secondary N) is 2. The minimum Gasteiger partial charge on any atom is -0.354 e. The molecule has 1 saturated heterocycles. The van der Waals surface area contributed by atoms with Gasteiger partial charge in [0.15, 0.2) is 0 Å². The van der Waals surface area contributed by atoms with E-state index in [9.17, 15) is 4.79 Å². The summed E-state index contributed by atoms with van der Waals surface area (Å²) in [6, 6.07) is 1.95. The van der Waals surface area contributed by atoms with Crippen LogP contribution in [0, 0.1) is 0 Å². The average Bonchev–Trinajstić information content (AvgIpc) is 2.29. The normalized spacial score (nSPS) is 17.4. The number of piperazine rings is 1. The summed E-state index contributed by atoms with van der Waals surface area (Å²) in [6.07, 6.45) is 0. The molecule has 2 N–H and O–H groups in total. The van der Waals surface area contributed by atoms with Crippen molar-refractivity contribution < 1.29 is 0 Å². The summed E-state index contributed by atoms with van der Waals surface area (Å²) in [4.78, 5) is 22.7. The van der Waals surface area contributed by atoms with Crippen LogP contribution in [-0.4, -0.2) is 55.1 Å². The molecule has 1 aliphatic rings. The second-order valence-corrected chi connectivity index (χ2v) is 4.39. The lowest BCUT2D eigenvalue weighted by molar-refractivity contribution is 0.312. The van der Waals surface area contributed by atoms with Crippen molar-refractivity contribution in [2.75, 3.05) is 45.2 Å². The van der Waals surface area contributed by atoms with Gasteiger partial charge in [-0.3, -0.25) is 0 Å². The summed E-state index contributed by atoms with van der Waals surface area (Å²) in [5.41, 5.74) is 0.605. The molecule has 1 aromatic heterocycles. The quantitative estimate of drug-likeness (QED) is 0.723. The Balaban J connectivity index is 2.17. The minimum absolute atomic E-state index is 0.272. The third-order valence-corrected chi connectivity index (χ3v) is 2.98. The number of aromatic nitrogens is 2. The van der Waals surface area contributed by atoms with Crippen molar-refractivity contribution in [1.29, 1.82) is 0 Å². The summed E-state index contributed by atoms with van der Waals surface area (Å²) in [7, 11) is 3.96. The third-order valence-electron chi connectivity index (χ3n) is 2.98. The lowest BCUT2D eigenvalue weighted by Crippen LogP contribution is -2.45. The molecule has 1 aromatic rings. The van der Waals surface area contributed by atoms with Crippen molar-refractivity contribution >= 4 is 5.82 Å². The fraction of sp³-hybridized carbons (Fsp3) is 0.636.